The van der Waals surface area contributed by atoms with Crippen molar-refractivity contribution in [3.05, 3.63) is 55.1 Å². The standard InChI is InChI=1S/C16H18N6O/c1-3-21(2)20-10-19-16(23)18-9-15-13-7-5-4-6-12(13)14-8-17-11-22(14)15/h3-8,10-11,15H,1,9H2,2H3,(H2,18,19,20,23). The van der Waals surface area contributed by atoms with E-state index in [4.69, 9.17) is 0 Å². The van der Waals surface area contributed by atoms with E-state index in [-0.39, 0.29) is 12.1 Å². The van der Waals surface area contributed by atoms with Gasteiger partial charge < -0.3 is 9.88 Å². The molecule has 118 valence electrons. The number of urea groups is 1. The SMILES string of the molecule is C=CN(C)/N=C\NC(=O)NCC1c2ccccc2-c2cncn21. The minimum atomic E-state index is -0.308. The van der Waals surface area contributed by atoms with Gasteiger partial charge in [0.25, 0.3) is 0 Å². The van der Waals surface area contributed by atoms with E-state index in [1.165, 1.54) is 23.1 Å². The lowest BCUT2D eigenvalue weighted by molar-refractivity contribution is 0.244. The quantitative estimate of drug-likeness (QED) is 0.502. The molecule has 0 radical (unpaired) electrons. The maximum Gasteiger partial charge on any atom is 0.320 e. The molecule has 23 heavy (non-hydrogen) atoms. The number of carbonyl (C=O) groups excluding carboxylic acids is 1. The molecule has 3 rings (SSSR count). The van der Waals surface area contributed by atoms with Crippen LogP contribution in [0, 0.1) is 0 Å². The molecule has 2 aromatic rings. The Balaban J connectivity index is 1.64. The molecule has 1 aromatic carbocycles. The molecule has 0 saturated heterocycles. The number of benzene rings is 1. The molecule has 0 bridgehead atoms. The molecule has 2 amide bonds. The van der Waals surface area contributed by atoms with Crippen LogP contribution in [0.15, 0.2) is 54.7 Å². The van der Waals surface area contributed by atoms with Crippen LogP contribution in [0.4, 0.5) is 4.79 Å². The second-order valence-corrected chi connectivity index (χ2v) is 5.14. The predicted octanol–water partition coefficient (Wildman–Crippen LogP) is 1.77. The minimum absolute atomic E-state index is 0.0437. The van der Waals surface area contributed by atoms with Crippen LogP contribution in [0.1, 0.15) is 11.6 Å². The molecular weight excluding hydrogens is 292 g/mol. The van der Waals surface area contributed by atoms with E-state index < -0.39 is 0 Å². The van der Waals surface area contributed by atoms with E-state index >= 15 is 0 Å². The molecule has 0 aliphatic carbocycles. The first-order chi connectivity index (χ1) is 11.2. The third kappa shape index (κ3) is 2.94. The number of nitrogens with one attached hydrogen (secondary N) is 2. The minimum Gasteiger partial charge on any atom is -0.335 e. The summed E-state index contributed by atoms with van der Waals surface area (Å²) >= 11 is 0. The number of hydrogen-bond acceptors (Lipinski definition) is 4. The maximum atomic E-state index is 11.8. The molecule has 1 aromatic heterocycles. The van der Waals surface area contributed by atoms with Crippen molar-refractivity contribution in [2.24, 2.45) is 5.10 Å². The first-order valence-corrected chi connectivity index (χ1v) is 7.24. The number of rotatable bonds is 5. The summed E-state index contributed by atoms with van der Waals surface area (Å²) in [7, 11) is 1.72. The largest absolute Gasteiger partial charge is 0.335 e. The Morgan fingerprint density at radius 3 is 3.17 bits per heavy atom. The van der Waals surface area contributed by atoms with Gasteiger partial charge in [0.2, 0.25) is 0 Å². The van der Waals surface area contributed by atoms with E-state index in [1.807, 2.05) is 18.3 Å². The molecule has 1 unspecified atom stereocenters. The van der Waals surface area contributed by atoms with Crippen molar-refractivity contribution in [1.29, 1.82) is 0 Å². The first kappa shape index (κ1) is 14.8. The normalized spacial score (nSPS) is 15.1. The Morgan fingerprint density at radius 2 is 2.35 bits per heavy atom. The summed E-state index contributed by atoms with van der Waals surface area (Å²) in [4.78, 5) is 16.0. The first-order valence-electron chi connectivity index (χ1n) is 7.24. The summed E-state index contributed by atoms with van der Waals surface area (Å²) < 4.78 is 2.07. The number of carbonyl (C=O) groups is 1. The molecule has 7 heteroatoms. The van der Waals surface area contributed by atoms with Crippen molar-refractivity contribution < 1.29 is 4.79 Å². The summed E-state index contributed by atoms with van der Waals surface area (Å²) in [5.74, 6) is 0. The van der Waals surface area contributed by atoms with E-state index in [1.54, 1.807) is 13.4 Å². The van der Waals surface area contributed by atoms with Crippen molar-refractivity contribution >= 4 is 12.4 Å². The predicted molar refractivity (Wildman–Crippen MR) is 88.8 cm³/mol. The summed E-state index contributed by atoms with van der Waals surface area (Å²) in [6, 6.07) is 7.89. The number of amides is 2. The third-order valence-corrected chi connectivity index (χ3v) is 3.75. The summed E-state index contributed by atoms with van der Waals surface area (Å²) in [6.45, 7) is 4.03. The van der Waals surface area contributed by atoms with Crippen molar-refractivity contribution in [2.75, 3.05) is 13.6 Å². The van der Waals surface area contributed by atoms with Crippen molar-refractivity contribution in [2.45, 2.75) is 6.04 Å². The van der Waals surface area contributed by atoms with Crippen LogP contribution in [0.5, 0.6) is 0 Å². The Morgan fingerprint density at radius 1 is 1.52 bits per heavy atom. The Labute approximate surface area is 134 Å². The van der Waals surface area contributed by atoms with E-state index in [9.17, 15) is 4.79 Å². The van der Waals surface area contributed by atoms with Crippen molar-refractivity contribution in [3.63, 3.8) is 0 Å². The maximum absolute atomic E-state index is 11.8. The van der Waals surface area contributed by atoms with Gasteiger partial charge in [0.1, 0.15) is 6.34 Å². The number of nitrogens with zero attached hydrogens (tertiary/aromatic N) is 4. The van der Waals surface area contributed by atoms with Crippen LogP contribution < -0.4 is 10.6 Å². The van der Waals surface area contributed by atoms with Crippen LogP contribution >= 0.6 is 0 Å². The second-order valence-electron chi connectivity index (χ2n) is 5.14. The number of hydrogen-bond donors (Lipinski definition) is 2. The molecule has 7 nitrogen and oxygen atoms in total. The lowest BCUT2D eigenvalue weighted by atomic mass is 10.0. The molecule has 0 saturated carbocycles. The van der Waals surface area contributed by atoms with Gasteiger partial charge in [-0.3, -0.25) is 10.3 Å². The summed E-state index contributed by atoms with van der Waals surface area (Å²) in [5.41, 5.74) is 3.42. The van der Waals surface area contributed by atoms with Crippen molar-refractivity contribution in [1.82, 2.24) is 25.2 Å². The van der Waals surface area contributed by atoms with Crippen LogP contribution in [0.25, 0.3) is 11.3 Å². The molecule has 0 spiro atoms. The zero-order valence-corrected chi connectivity index (χ0v) is 12.8. The second kappa shape index (κ2) is 6.35. The van der Waals surface area contributed by atoms with Gasteiger partial charge in [0.15, 0.2) is 0 Å². The Kier molecular flexibility index (Phi) is 4.09. The van der Waals surface area contributed by atoms with Gasteiger partial charge in [-0.15, -0.1) is 0 Å². The van der Waals surface area contributed by atoms with E-state index in [0.717, 1.165) is 11.3 Å². The summed E-state index contributed by atoms with van der Waals surface area (Å²) in [5, 5.41) is 10.8. The van der Waals surface area contributed by atoms with Crippen LogP contribution in [0.2, 0.25) is 0 Å². The Hall–Kier alpha value is -3.09. The molecule has 2 heterocycles. The average molecular weight is 310 g/mol. The Bertz CT molecular complexity index is 751. The molecule has 2 N–H and O–H groups in total. The lowest BCUT2D eigenvalue weighted by Gasteiger charge is -2.15. The molecule has 1 aliphatic rings. The number of aromatic nitrogens is 2. The number of hydrazone groups is 1. The third-order valence-electron chi connectivity index (χ3n) is 3.75. The van der Waals surface area contributed by atoms with Gasteiger partial charge in [-0.05, 0) is 5.56 Å². The number of imidazole rings is 1. The molecule has 0 fully saturated rings. The number of fused-ring (bicyclic) bond motifs is 3. The molecule has 1 atom stereocenters. The van der Waals surface area contributed by atoms with Crippen LogP contribution in [0.3, 0.4) is 0 Å². The van der Waals surface area contributed by atoms with Crippen LogP contribution in [-0.2, 0) is 0 Å². The smallest absolute Gasteiger partial charge is 0.320 e. The zero-order valence-electron chi connectivity index (χ0n) is 12.8. The monoisotopic (exact) mass is 310 g/mol. The fourth-order valence-electron chi connectivity index (χ4n) is 2.61. The van der Waals surface area contributed by atoms with E-state index in [0.29, 0.717) is 6.54 Å². The highest BCUT2D eigenvalue weighted by molar-refractivity contribution is 5.86. The van der Waals surface area contributed by atoms with Gasteiger partial charge in [-0.2, -0.15) is 5.10 Å². The van der Waals surface area contributed by atoms with Gasteiger partial charge in [0.05, 0.1) is 24.3 Å². The van der Waals surface area contributed by atoms with E-state index in [2.05, 4.69) is 44.0 Å². The van der Waals surface area contributed by atoms with Gasteiger partial charge in [-0.1, -0.05) is 30.8 Å². The van der Waals surface area contributed by atoms with Gasteiger partial charge in [0, 0.05) is 25.4 Å². The topological polar surface area (TPSA) is 74.6 Å². The van der Waals surface area contributed by atoms with Crippen LogP contribution in [-0.4, -0.2) is 40.5 Å². The highest BCUT2D eigenvalue weighted by Crippen LogP contribution is 2.38. The van der Waals surface area contributed by atoms with Gasteiger partial charge >= 0.3 is 6.03 Å². The zero-order chi connectivity index (χ0) is 16.2. The highest BCUT2D eigenvalue weighted by Gasteiger charge is 2.27. The molecule has 1 aliphatic heterocycles. The fraction of sp³-hybridized carbons (Fsp3) is 0.188. The lowest BCUT2D eigenvalue weighted by Crippen LogP contribution is -2.38. The average Bonchev–Trinajstić information content (AvgIpc) is 3.14. The highest BCUT2D eigenvalue weighted by atomic mass is 16.2. The van der Waals surface area contributed by atoms with Crippen molar-refractivity contribution in [3.8, 4) is 11.3 Å². The van der Waals surface area contributed by atoms with Gasteiger partial charge in [-0.25, -0.2) is 9.78 Å². The molecular formula is C16H18N6O. The fourth-order valence-corrected chi connectivity index (χ4v) is 2.61. The summed E-state index contributed by atoms with van der Waals surface area (Å²) in [6.07, 6.45) is 6.49.